The molecule has 1 aliphatic rings. The first-order valence-corrected chi connectivity index (χ1v) is 8.23. The molecule has 7 heteroatoms. The number of halogens is 1. The van der Waals surface area contributed by atoms with E-state index in [1.165, 1.54) is 0 Å². The van der Waals surface area contributed by atoms with Gasteiger partial charge in [0.2, 0.25) is 5.91 Å². The summed E-state index contributed by atoms with van der Waals surface area (Å²) in [4.78, 5) is 30.2. The van der Waals surface area contributed by atoms with Crippen molar-refractivity contribution in [1.82, 2.24) is 15.2 Å². The maximum Gasteiger partial charge on any atom is 0.254 e. The number of amides is 2. The lowest BCUT2D eigenvalue weighted by Crippen LogP contribution is -2.52. The van der Waals surface area contributed by atoms with Gasteiger partial charge in [0, 0.05) is 31.0 Å². The molecule has 6 nitrogen and oxygen atoms in total. The SMILES string of the molecule is CN(Cc1ccccc1Cl)C(=O)[C@H]1OCC(=O)N[C@@H]1c1cccnc1. The molecule has 0 bridgehead atoms. The molecule has 0 saturated carbocycles. The van der Waals surface area contributed by atoms with E-state index in [4.69, 9.17) is 16.3 Å². The van der Waals surface area contributed by atoms with E-state index >= 15 is 0 Å². The molecule has 1 saturated heterocycles. The minimum absolute atomic E-state index is 0.146. The smallest absolute Gasteiger partial charge is 0.254 e. The lowest BCUT2D eigenvalue weighted by atomic mass is 10.0. The highest BCUT2D eigenvalue weighted by molar-refractivity contribution is 6.31. The average molecular weight is 360 g/mol. The monoisotopic (exact) mass is 359 g/mol. The van der Waals surface area contributed by atoms with Gasteiger partial charge in [-0.3, -0.25) is 14.6 Å². The van der Waals surface area contributed by atoms with Crippen LogP contribution in [0.4, 0.5) is 0 Å². The maximum absolute atomic E-state index is 12.9. The van der Waals surface area contributed by atoms with Gasteiger partial charge in [0.1, 0.15) is 6.61 Å². The fourth-order valence-corrected chi connectivity index (χ4v) is 2.96. The molecule has 1 N–H and O–H groups in total. The average Bonchev–Trinajstić information content (AvgIpc) is 2.63. The Kier molecular flexibility index (Phi) is 5.31. The van der Waals surface area contributed by atoms with Crippen LogP contribution in [0, 0.1) is 0 Å². The predicted octanol–water partition coefficient (Wildman–Crippen LogP) is 1.95. The largest absolute Gasteiger partial charge is 0.356 e. The Labute approximate surface area is 150 Å². The predicted molar refractivity (Wildman–Crippen MR) is 92.8 cm³/mol. The normalized spacial score (nSPS) is 20.0. The molecule has 1 aromatic heterocycles. The number of carbonyl (C=O) groups excluding carboxylic acids is 2. The van der Waals surface area contributed by atoms with E-state index < -0.39 is 12.1 Å². The van der Waals surface area contributed by atoms with Crippen molar-refractivity contribution < 1.29 is 14.3 Å². The third-order valence-electron chi connectivity index (χ3n) is 4.04. The molecule has 0 radical (unpaired) electrons. The number of rotatable bonds is 4. The number of nitrogens with one attached hydrogen (secondary N) is 1. The topological polar surface area (TPSA) is 71.5 Å². The molecule has 0 aliphatic carbocycles. The summed E-state index contributed by atoms with van der Waals surface area (Å²) in [5.74, 6) is -0.486. The van der Waals surface area contributed by atoms with Gasteiger partial charge in [0.05, 0.1) is 6.04 Å². The second kappa shape index (κ2) is 7.63. The first kappa shape index (κ1) is 17.4. The molecular formula is C18H18ClN3O3. The van der Waals surface area contributed by atoms with Crippen LogP contribution >= 0.6 is 11.6 Å². The van der Waals surface area contributed by atoms with Crippen LogP contribution in [0.1, 0.15) is 17.2 Å². The van der Waals surface area contributed by atoms with Crippen LogP contribution in [-0.4, -0.2) is 41.5 Å². The minimum Gasteiger partial charge on any atom is -0.356 e. The molecule has 2 heterocycles. The Balaban J connectivity index is 1.79. The summed E-state index contributed by atoms with van der Waals surface area (Å²) in [7, 11) is 1.69. The Bertz CT molecular complexity index is 769. The number of hydrogen-bond acceptors (Lipinski definition) is 4. The van der Waals surface area contributed by atoms with Gasteiger partial charge in [-0.05, 0) is 23.3 Å². The van der Waals surface area contributed by atoms with Crippen LogP contribution in [0.2, 0.25) is 5.02 Å². The van der Waals surface area contributed by atoms with Crippen LogP contribution in [0.15, 0.2) is 48.8 Å². The fraction of sp³-hybridized carbons (Fsp3) is 0.278. The molecule has 25 heavy (non-hydrogen) atoms. The molecular weight excluding hydrogens is 342 g/mol. The van der Waals surface area contributed by atoms with Gasteiger partial charge >= 0.3 is 0 Å². The first-order valence-electron chi connectivity index (χ1n) is 7.85. The molecule has 0 unspecified atom stereocenters. The Hall–Kier alpha value is -2.44. The highest BCUT2D eigenvalue weighted by Crippen LogP contribution is 2.24. The van der Waals surface area contributed by atoms with Crippen molar-refractivity contribution in [3.8, 4) is 0 Å². The molecule has 0 spiro atoms. The second-order valence-electron chi connectivity index (χ2n) is 5.85. The van der Waals surface area contributed by atoms with Crippen molar-refractivity contribution >= 4 is 23.4 Å². The fourth-order valence-electron chi connectivity index (χ4n) is 2.76. The lowest BCUT2D eigenvalue weighted by Gasteiger charge is -2.34. The van der Waals surface area contributed by atoms with Gasteiger partial charge in [-0.25, -0.2) is 0 Å². The first-order chi connectivity index (χ1) is 12.1. The molecule has 2 atom stereocenters. The molecule has 2 amide bonds. The zero-order valence-corrected chi connectivity index (χ0v) is 14.4. The summed E-state index contributed by atoms with van der Waals surface area (Å²) in [6, 6.07) is 10.4. The van der Waals surface area contributed by atoms with E-state index in [9.17, 15) is 9.59 Å². The zero-order valence-electron chi connectivity index (χ0n) is 13.7. The van der Waals surface area contributed by atoms with Gasteiger partial charge in [-0.2, -0.15) is 0 Å². The molecule has 1 fully saturated rings. The van der Waals surface area contributed by atoms with Crippen molar-refractivity contribution in [2.24, 2.45) is 0 Å². The van der Waals surface area contributed by atoms with Gasteiger partial charge in [0.15, 0.2) is 6.10 Å². The second-order valence-corrected chi connectivity index (χ2v) is 6.26. The lowest BCUT2D eigenvalue weighted by molar-refractivity contribution is -0.154. The van der Waals surface area contributed by atoms with Crippen LogP contribution in [0.25, 0.3) is 0 Å². The van der Waals surface area contributed by atoms with E-state index in [1.54, 1.807) is 42.5 Å². The number of pyridine rings is 1. The summed E-state index contributed by atoms with van der Waals surface area (Å²) in [6.45, 7) is 0.208. The van der Waals surface area contributed by atoms with Gasteiger partial charge in [0.25, 0.3) is 5.91 Å². The number of ether oxygens (including phenoxy) is 1. The summed E-state index contributed by atoms with van der Waals surface area (Å²) >= 11 is 6.17. The quantitative estimate of drug-likeness (QED) is 0.905. The van der Waals surface area contributed by atoms with Crippen molar-refractivity contribution in [2.75, 3.05) is 13.7 Å². The zero-order chi connectivity index (χ0) is 17.8. The minimum atomic E-state index is -0.811. The van der Waals surface area contributed by atoms with Crippen LogP contribution in [-0.2, 0) is 20.9 Å². The number of nitrogens with zero attached hydrogens (tertiary/aromatic N) is 2. The van der Waals surface area contributed by atoms with E-state index in [-0.39, 0.29) is 18.4 Å². The van der Waals surface area contributed by atoms with Crippen LogP contribution in [0.3, 0.4) is 0 Å². The third kappa shape index (κ3) is 3.97. The summed E-state index contributed by atoms with van der Waals surface area (Å²) in [5, 5.41) is 3.42. The Morgan fingerprint density at radius 3 is 2.88 bits per heavy atom. The Morgan fingerprint density at radius 2 is 2.16 bits per heavy atom. The molecule has 2 aromatic rings. The van der Waals surface area contributed by atoms with Crippen molar-refractivity contribution in [3.05, 3.63) is 64.9 Å². The number of morpholine rings is 1. The standard InChI is InChI=1S/C18H18ClN3O3/c1-22(10-13-5-2-3-7-14(13)19)18(24)17-16(21-15(23)11-25-17)12-6-4-8-20-9-12/h2-9,16-17H,10-11H2,1H3,(H,21,23)/t16-,17+/m1/s1. The van der Waals surface area contributed by atoms with Crippen molar-refractivity contribution in [3.63, 3.8) is 0 Å². The van der Waals surface area contributed by atoms with E-state index in [2.05, 4.69) is 10.3 Å². The summed E-state index contributed by atoms with van der Waals surface area (Å²) in [5.41, 5.74) is 1.57. The number of hydrogen-bond donors (Lipinski definition) is 1. The highest BCUT2D eigenvalue weighted by atomic mass is 35.5. The highest BCUT2D eigenvalue weighted by Gasteiger charge is 2.37. The number of aromatic nitrogens is 1. The van der Waals surface area contributed by atoms with Crippen molar-refractivity contribution in [1.29, 1.82) is 0 Å². The number of likely N-dealkylation sites (N-methyl/N-ethyl adjacent to an activating group) is 1. The molecule has 130 valence electrons. The molecule has 3 rings (SSSR count). The summed E-state index contributed by atoms with van der Waals surface area (Å²) in [6.07, 6.45) is 2.44. The number of benzene rings is 1. The number of carbonyl (C=O) groups is 2. The van der Waals surface area contributed by atoms with Crippen LogP contribution < -0.4 is 5.32 Å². The third-order valence-corrected chi connectivity index (χ3v) is 4.41. The van der Waals surface area contributed by atoms with E-state index in [0.717, 1.165) is 11.1 Å². The van der Waals surface area contributed by atoms with Crippen LogP contribution in [0.5, 0.6) is 0 Å². The Morgan fingerprint density at radius 1 is 1.36 bits per heavy atom. The van der Waals surface area contributed by atoms with E-state index in [0.29, 0.717) is 11.6 Å². The van der Waals surface area contributed by atoms with E-state index in [1.807, 2.05) is 18.2 Å². The van der Waals surface area contributed by atoms with Crippen molar-refractivity contribution in [2.45, 2.75) is 18.7 Å². The summed E-state index contributed by atoms with van der Waals surface area (Å²) < 4.78 is 5.54. The van der Waals surface area contributed by atoms with Gasteiger partial charge < -0.3 is 15.0 Å². The molecule has 1 aliphatic heterocycles. The maximum atomic E-state index is 12.9. The molecule has 1 aromatic carbocycles. The van der Waals surface area contributed by atoms with Gasteiger partial charge in [-0.1, -0.05) is 35.9 Å². The van der Waals surface area contributed by atoms with Gasteiger partial charge in [-0.15, -0.1) is 0 Å².